The number of esters is 1. The van der Waals surface area contributed by atoms with Crippen LogP contribution in [0.4, 0.5) is 0 Å². The highest BCUT2D eigenvalue weighted by Gasteiger charge is 2.22. The summed E-state index contributed by atoms with van der Waals surface area (Å²) in [6.07, 6.45) is 5.86. The fraction of sp³-hybridized carbons (Fsp3) is 0.409. The van der Waals surface area contributed by atoms with Crippen LogP contribution in [-0.2, 0) is 35.3 Å². The topological polar surface area (TPSA) is 61.2 Å². The predicted octanol–water partition coefficient (Wildman–Crippen LogP) is 3.82. The van der Waals surface area contributed by atoms with E-state index in [-0.39, 0.29) is 18.1 Å². The molecule has 0 N–H and O–H groups in total. The fourth-order valence-corrected chi connectivity index (χ4v) is 5.11. The highest BCUT2D eigenvalue weighted by atomic mass is 32.1. The van der Waals surface area contributed by atoms with Crippen molar-refractivity contribution in [2.75, 3.05) is 6.61 Å². The maximum absolute atomic E-state index is 13.1. The first-order valence-corrected chi connectivity index (χ1v) is 10.7. The monoisotopic (exact) mass is 396 g/mol. The standard InChI is InChI=1S/C22H24N2O3S/c1-15-23-21-20(17-11-5-6-12-18(17)28-21)22(26)24(15)14-19(25)27-13-7-10-16-8-3-2-4-9-16/h2-4,8-9H,5-7,10-14H2,1H3. The summed E-state index contributed by atoms with van der Waals surface area (Å²) in [7, 11) is 0. The van der Waals surface area contributed by atoms with Crippen molar-refractivity contribution in [1.82, 2.24) is 9.55 Å². The van der Waals surface area contributed by atoms with Crippen molar-refractivity contribution in [3.63, 3.8) is 0 Å². The van der Waals surface area contributed by atoms with Crippen molar-refractivity contribution in [1.29, 1.82) is 0 Å². The third-order valence-corrected chi connectivity index (χ3v) is 6.45. The Labute approximate surface area is 168 Å². The second kappa shape index (κ2) is 8.27. The molecule has 4 rings (SSSR count). The predicted molar refractivity (Wildman–Crippen MR) is 111 cm³/mol. The smallest absolute Gasteiger partial charge is 0.326 e. The third-order valence-electron chi connectivity index (χ3n) is 5.27. The van der Waals surface area contributed by atoms with Crippen LogP contribution in [0.2, 0.25) is 0 Å². The van der Waals surface area contributed by atoms with Crippen molar-refractivity contribution >= 4 is 27.5 Å². The molecule has 1 aromatic carbocycles. The number of rotatable bonds is 6. The van der Waals surface area contributed by atoms with Gasteiger partial charge in [0.1, 0.15) is 17.2 Å². The van der Waals surface area contributed by atoms with E-state index < -0.39 is 0 Å². The average molecular weight is 397 g/mol. The van der Waals surface area contributed by atoms with Crippen LogP contribution < -0.4 is 5.56 Å². The van der Waals surface area contributed by atoms with Crippen LogP contribution in [0.1, 0.15) is 41.1 Å². The molecule has 1 aliphatic rings. The first kappa shape index (κ1) is 18.9. The van der Waals surface area contributed by atoms with Gasteiger partial charge in [0.15, 0.2) is 0 Å². The van der Waals surface area contributed by atoms with Crippen molar-refractivity contribution in [2.45, 2.75) is 52.0 Å². The zero-order valence-corrected chi connectivity index (χ0v) is 16.9. The zero-order valence-electron chi connectivity index (χ0n) is 16.1. The Hall–Kier alpha value is -2.47. The van der Waals surface area contributed by atoms with Gasteiger partial charge in [0, 0.05) is 4.88 Å². The summed E-state index contributed by atoms with van der Waals surface area (Å²) in [5.74, 6) is 0.181. The minimum Gasteiger partial charge on any atom is -0.464 e. The van der Waals surface area contributed by atoms with Gasteiger partial charge in [0.2, 0.25) is 0 Å². The Morgan fingerprint density at radius 1 is 1.21 bits per heavy atom. The number of thiophene rings is 1. The van der Waals surface area contributed by atoms with E-state index in [0.717, 1.165) is 42.5 Å². The molecule has 1 aliphatic carbocycles. The Balaban J connectivity index is 1.44. The Kier molecular flexibility index (Phi) is 5.57. The maximum atomic E-state index is 13.1. The lowest BCUT2D eigenvalue weighted by molar-refractivity contribution is -0.144. The lowest BCUT2D eigenvalue weighted by atomic mass is 9.97. The van der Waals surface area contributed by atoms with E-state index in [1.54, 1.807) is 18.3 Å². The molecule has 0 amide bonds. The molecule has 0 spiro atoms. The number of carbonyl (C=O) groups is 1. The van der Waals surface area contributed by atoms with Gasteiger partial charge in [-0.1, -0.05) is 30.3 Å². The maximum Gasteiger partial charge on any atom is 0.326 e. The SMILES string of the molecule is Cc1nc2sc3c(c2c(=O)n1CC(=O)OCCCc1ccccc1)CCCC3. The van der Waals surface area contributed by atoms with Gasteiger partial charge in [0.05, 0.1) is 12.0 Å². The van der Waals surface area contributed by atoms with E-state index >= 15 is 0 Å². The molecular formula is C22H24N2O3S. The van der Waals surface area contributed by atoms with Crippen LogP contribution in [0.25, 0.3) is 10.2 Å². The normalized spacial score (nSPS) is 13.5. The Morgan fingerprint density at radius 2 is 2.00 bits per heavy atom. The average Bonchev–Trinajstić information content (AvgIpc) is 3.07. The second-order valence-corrected chi connectivity index (χ2v) is 8.33. The van der Waals surface area contributed by atoms with Gasteiger partial charge in [-0.2, -0.15) is 0 Å². The first-order valence-electron chi connectivity index (χ1n) is 9.84. The van der Waals surface area contributed by atoms with E-state index in [2.05, 4.69) is 17.1 Å². The van der Waals surface area contributed by atoms with Crippen LogP contribution in [0.5, 0.6) is 0 Å². The van der Waals surface area contributed by atoms with E-state index in [0.29, 0.717) is 17.8 Å². The van der Waals surface area contributed by atoms with Gasteiger partial charge in [0.25, 0.3) is 5.56 Å². The highest BCUT2D eigenvalue weighted by molar-refractivity contribution is 7.18. The van der Waals surface area contributed by atoms with Crippen LogP contribution in [0.15, 0.2) is 35.1 Å². The molecule has 28 heavy (non-hydrogen) atoms. The summed E-state index contributed by atoms with van der Waals surface area (Å²) in [5, 5.41) is 0.710. The zero-order chi connectivity index (χ0) is 19.5. The fourth-order valence-electron chi connectivity index (χ4n) is 3.81. The quantitative estimate of drug-likeness (QED) is 0.469. The molecule has 0 saturated carbocycles. The molecule has 2 aromatic heterocycles. The van der Waals surface area contributed by atoms with Crippen LogP contribution >= 0.6 is 11.3 Å². The summed E-state index contributed by atoms with van der Waals surface area (Å²) in [5.41, 5.74) is 2.26. The van der Waals surface area contributed by atoms with Gasteiger partial charge < -0.3 is 4.74 Å². The van der Waals surface area contributed by atoms with Gasteiger partial charge in [-0.3, -0.25) is 14.2 Å². The van der Waals surface area contributed by atoms with E-state index in [9.17, 15) is 9.59 Å². The molecule has 0 saturated heterocycles. The lowest BCUT2D eigenvalue weighted by Crippen LogP contribution is -2.28. The summed E-state index contributed by atoms with van der Waals surface area (Å²) < 4.78 is 6.82. The number of hydrogen-bond acceptors (Lipinski definition) is 5. The first-order chi connectivity index (χ1) is 13.6. The summed E-state index contributed by atoms with van der Waals surface area (Å²) in [6, 6.07) is 10.1. The van der Waals surface area contributed by atoms with Gasteiger partial charge in [-0.05, 0) is 56.6 Å². The number of aromatic nitrogens is 2. The van der Waals surface area contributed by atoms with E-state index in [4.69, 9.17) is 4.74 Å². The molecule has 3 aromatic rings. The summed E-state index contributed by atoms with van der Waals surface area (Å²) in [6.45, 7) is 2.05. The summed E-state index contributed by atoms with van der Waals surface area (Å²) >= 11 is 1.63. The number of hydrogen-bond donors (Lipinski definition) is 0. The number of carbonyl (C=O) groups excluding carboxylic acids is 1. The number of fused-ring (bicyclic) bond motifs is 3. The molecule has 146 valence electrons. The molecule has 0 aliphatic heterocycles. The van der Waals surface area contributed by atoms with Crippen LogP contribution in [0, 0.1) is 6.92 Å². The molecule has 0 unspecified atom stereocenters. The lowest BCUT2D eigenvalue weighted by Gasteiger charge is -2.12. The second-order valence-electron chi connectivity index (χ2n) is 7.25. The molecule has 5 nitrogen and oxygen atoms in total. The minimum atomic E-state index is -0.386. The Bertz CT molecular complexity index is 1050. The molecule has 0 atom stereocenters. The summed E-state index contributed by atoms with van der Waals surface area (Å²) in [4.78, 5) is 32.0. The molecule has 6 heteroatoms. The molecule has 0 radical (unpaired) electrons. The molecule has 0 fully saturated rings. The number of benzene rings is 1. The molecule has 0 bridgehead atoms. The Morgan fingerprint density at radius 3 is 2.82 bits per heavy atom. The highest BCUT2D eigenvalue weighted by Crippen LogP contribution is 2.33. The van der Waals surface area contributed by atoms with Gasteiger partial charge in [-0.25, -0.2) is 4.98 Å². The van der Waals surface area contributed by atoms with Crippen molar-refractivity contribution < 1.29 is 9.53 Å². The van der Waals surface area contributed by atoms with Crippen molar-refractivity contribution in [3.05, 3.63) is 62.5 Å². The third kappa shape index (κ3) is 3.87. The van der Waals surface area contributed by atoms with Crippen LogP contribution in [0.3, 0.4) is 0 Å². The molecular weight excluding hydrogens is 372 g/mol. The number of nitrogens with zero attached hydrogens (tertiary/aromatic N) is 2. The van der Waals surface area contributed by atoms with Gasteiger partial charge >= 0.3 is 5.97 Å². The van der Waals surface area contributed by atoms with Crippen molar-refractivity contribution in [2.24, 2.45) is 0 Å². The van der Waals surface area contributed by atoms with Crippen LogP contribution in [-0.4, -0.2) is 22.1 Å². The van der Waals surface area contributed by atoms with E-state index in [1.165, 1.54) is 21.4 Å². The van der Waals surface area contributed by atoms with Gasteiger partial charge in [-0.15, -0.1) is 11.3 Å². The molecule has 2 heterocycles. The van der Waals surface area contributed by atoms with Crippen molar-refractivity contribution in [3.8, 4) is 0 Å². The van der Waals surface area contributed by atoms with E-state index in [1.807, 2.05) is 18.2 Å². The minimum absolute atomic E-state index is 0.0798. The largest absolute Gasteiger partial charge is 0.464 e. The number of aryl methyl sites for hydroxylation is 4. The number of ether oxygens (including phenoxy) is 1.